The van der Waals surface area contributed by atoms with Gasteiger partial charge in [-0.15, -0.1) is 0 Å². The van der Waals surface area contributed by atoms with E-state index < -0.39 is 17.6 Å². The van der Waals surface area contributed by atoms with Crippen LogP contribution in [-0.2, 0) is 16.1 Å². The van der Waals surface area contributed by atoms with E-state index in [1.54, 1.807) is 0 Å². The molecule has 1 rings (SSSR count). The van der Waals surface area contributed by atoms with E-state index in [-0.39, 0.29) is 0 Å². The predicted octanol–water partition coefficient (Wildman–Crippen LogP) is 1.93. The molecule has 0 radical (unpaired) electrons. The number of aliphatic hydroxyl groups is 1. The second kappa shape index (κ2) is 6.20. The zero-order chi connectivity index (χ0) is 13.7. The SMILES string of the molecule is CN(Cc1ccccc1Br)C(=O)C=C(O)C(=O)O. The van der Waals surface area contributed by atoms with E-state index >= 15 is 0 Å². The third kappa shape index (κ3) is 3.89. The van der Waals surface area contributed by atoms with Gasteiger partial charge in [0.25, 0.3) is 5.91 Å². The van der Waals surface area contributed by atoms with Gasteiger partial charge >= 0.3 is 5.97 Å². The van der Waals surface area contributed by atoms with E-state index in [1.165, 1.54) is 11.9 Å². The van der Waals surface area contributed by atoms with Gasteiger partial charge in [0.2, 0.25) is 5.76 Å². The molecule has 0 aliphatic rings. The first kappa shape index (κ1) is 14.2. The Bertz CT molecular complexity index is 499. The number of hydrogen-bond acceptors (Lipinski definition) is 3. The number of carboxylic acid groups (broad SMARTS) is 1. The van der Waals surface area contributed by atoms with Crippen molar-refractivity contribution in [2.75, 3.05) is 7.05 Å². The zero-order valence-corrected chi connectivity index (χ0v) is 11.2. The number of carbonyl (C=O) groups is 2. The number of aliphatic carboxylic acids is 1. The van der Waals surface area contributed by atoms with Crippen molar-refractivity contribution in [2.24, 2.45) is 0 Å². The van der Waals surface area contributed by atoms with Crippen LogP contribution in [0.1, 0.15) is 5.56 Å². The standard InChI is InChI=1S/C12H12BrNO4/c1-14(11(16)6-10(15)12(17)18)7-8-4-2-3-5-9(8)13/h2-6,15H,7H2,1H3,(H,17,18). The lowest BCUT2D eigenvalue weighted by Gasteiger charge is -2.16. The maximum absolute atomic E-state index is 11.6. The Labute approximate surface area is 112 Å². The monoisotopic (exact) mass is 313 g/mol. The van der Waals surface area contributed by atoms with E-state index in [4.69, 9.17) is 10.2 Å². The second-order valence-electron chi connectivity index (χ2n) is 3.62. The number of aliphatic hydroxyl groups excluding tert-OH is 1. The summed E-state index contributed by atoms with van der Waals surface area (Å²) in [5.74, 6) is -3.08. The summed E-state index contributed by atoms with van der Waals surface area (Å²) in [7, 11) is 1.52. The summed E-state index contributed by atoms with van der Waals surface area (Å²) >= 11 is 3.35. The number of amides is 1. The summed E-state index contributed by atoms with van der Waals surface area (Å²) in [6.45, 7) is 0.309. The maximum atomic E-state index is 11.6. The number of rotatable bonds is 4. The molecule has 0 spiro atoms. The quantitative estimate of drug-likeness (QED) is 0.657. The fourth-order valence-corrected chi connectivity index (χ4v) is 1.66. The largest absolute Gasteiger partial charge is 0.502 e. The third-order valence-corrected chi connectivity index (χ3v) is 2.99. The fraction of sp³-hybridized carbons (Fsp3) is 0.167. The number of hydrogen-bond donors (Lipinski definition) is 2. The van der Waals surface area contributed by atoms with Crippen molar-refractivity contribution in [3.63, 3.8) is 0 Å². The first-order valence-corrected chi connectivity index (χ1v) is 5.83. The first-order valence-electron chi connectivity index (χ1n) is 5.04. The second-order valence-corrected chi connectivity index (χ2v) is 4.47. The van der Waals surface area contributed by atoms with Crippen molar-refractivity contribution in [2.45, 2.75) is 6.54 Å². The van der Waals surface area contributed by atoms with Gasteiger partial charge in [0.15, 0.2) is 0 Å². The van der Waals surface area contributed by atoms with Gasteiger partial charge in [-0.1, -0.05) is 34.1 Å². The highest BCUT2D eigenvalue weighted by atomic mass is 79.9. The van der Waals surface area contributed by atoms with E-state index in [0.717, 1.165) is 10.0 Å². The van der Waals surface area contributed by atoms with Crippen molar-refractivity contribution in [1.29, 1.82) is 0 Å². The van der Waals surface area contributed by atoms with E-state index in [9.17, 15) is 9.59 Å². The van der Waals surface area contributed by atoms with Gasteiger partial charge in [0.05, 0.1) is 6.08 Å². The summed E-state index contributed by atoms with van der Waals surface area (Å²) in [6, 6.07) is 7.38. The molecule has 0 unspecified atom stereocenters. The molecule has 0 aromatic heterocycles. The summed E-state index contributed by atoms with van der Waals surface area (Å²) in [5.41, 5.74) is 0.886. The third-order valence-electron chi connectivity index (χ3n) is 2.22. The molecule has 0 aliphatic heterocycles. The lowest BCUT2D eigenvalue weighted by atomic mass is 10.2. The molecule has 2 N–H and O–H groups in total. The van der Waals surface area contributed by atoms with Gasteiger partial charge in [0, 0.05) is 18.1 Å². The number of nitrogens with zero attached hydrogens (tertiary/aromatic N) is 1. The van der Waals surface area contributed by atoms with Gasteiger partial charge < -0.3 is 15.1 Å². The number of carbonyl (C=O) groups excluding carboxylic acids is 1. The Morgan fingerprint density at radius 3 is 2.50 bits per heavy atom. The average molecular weight is 314 g/mol. The molecule has 0 bridgehead atoms. The Morgan fingerprint density at radius 1 is 1.33 bits per heavy atom. The summed E-state index contributed by atoms with van der Waals surface area (Å²) in [5, 5.41) is 17.4. The number of likely N-dealkylation sites (N-methyl/N-ethyl adjacent to an activating group) is 1. The van der Waals surface area contributed by atoms with Crippen LogP contribution in [0.5, 0.6) is 0 Å². The molecule has 0 fully saturated rings. The molecule has 1 aromatic carbocycles. The smallest absolute Gasteiger partial charge is 0.371 e. The topological polar surface area (TPSA) is 77.8 Å². The molecule has 0 heterocycles. The maximum Gasteiger partial charge on any atom is 0.371 e. The highest BCUT2D eigenvalue weighted by molar-refractivity contribution is 9.10. The lowest BCUT2D eigenvalue weighted by Crippen LogP contribution is -2.25. The molecule has 0 saturated carbocycles. The average Bonchev–Trinajstić information content (AvgIpc) is 2.31. The molecule has 18 heavy (non-hydrogen) atoms. The van der Waals surface area contributed by atoms with E-state index in [2.05, 4.69) is 15.9 Å². The minimum Gasteiger partial charge on any atom is -0.502 e. The summed E-state index contributed by atoms with van der Waals surface area (Å²) in [6.07, 6.45) is 0.680. The first-order chi connectivity index (χ1) is 8.41. The summed E-state index contributed by atoms with van der Waals surface area (Å²) < 4.78 is 0.857. The molecule has 0 saturated heterocycles. The minimum absolute atomic E-state index is 0.309. The van der Waals surface area contributed by atoms with E-state index in [0.29, 0.717) is 12.6 Å². The highest BCUT2D eigenvalue weighted by Crippen LogP contribution is 2.17. The number of halogens is 1. The van der Waals surface area contributed by atoms with E-state index in [1.807, 2.05) is 24.3 Å². The van der Waals surface area contributed by atoms with Crippen LogP contribution in [0.4, 0.5) is 0 Å². The van der Waals surface area contributed by atoms with Crippen molar-refractivity contribution < 1.29 is 19.8 Å². The predicted molar refractivity (Wildman–Crippen MR) is 69.0 cm³/mol. The van der Waals surface area contributed by atoms with Gasteiger partial charge in [-0.25, -0.2) is 4.79 Å². The van der Waals surface area contributed by atoms with Gasteiger partial charge in [-0.3, -0.25) is 4.79 Å². The summed E-state index contributed by atoms with van der Waals surface area (Å²) in [4.78, 5) is 23.3. The Balaban J connectivity index is 2.75. The molecule has 0 aliphatic carbocycles. The van der Waals surface area contributed by atoms with Gasteiger partial charge in [-0.2, -0.15) is 0 Å². The van der Waals surface area contributed by atoms with Crippen molar-refractivity contribution in [3.05, 3.63) is 46.1 Å². The fourth-order valence-electron chi connectivity index (χ4n) is 1.25. The molecule has 96 valence electrons. The zero-order valence-electron chi connectivity index (χ0n) is 9.63. The van der Waals surface area contributed by atoms with Crippen molar-refractivity contribution in [3.8, 4) is 0 Å². The van der Waals surface area contributed by atoms with Crippen LogP contribution in [0.2, 0.25) is 0 Å². The molecule has 5 nitrogen and oxygen atoms in total. The highest BCUT2D eigenvalue weighted by Gasteiger charge is 2.12. The van der Waals surface area contributed by atoms with Crippen LogP contribution in [-0.4, -0.2) is 34.0 Å². The molecular weight excluding hydrogens is 302 g/mol. The van der Waals surface area contributed by atoms with Crippen LogP contribution in [0.15, 0.2) is 40.6 Å². The minimum atomic E-state index is -1.53. The van der Waals surface area contributed by atoms with Crippen molar-refractivity contribution >= 4 is 27.8 Å². The van der Waals surface area contributed by atoms with Gasteiger partial charge in [0.1, 0.15) is 0 Å². The Morgan fingerprint density at radius 2 is 1.94 bits per heavy atom. The molecule has 6 heteroatoms. The van der Waals surface area contributed by atoms with Crippen LogP contribution >= 0.6 is 15.9 Å². The Hall–Kier alpha value is -1.82. The van der Waals surface area contributed by atoms with Crippen molar-refractivity contribution in [1.82, 2.24) is 4.90 Å². The molecular formula is C12H12BrNO4. The van der Waals surface area contributed by atoms with Crippen LogP contribution in [0.3, 0.4) is 0 Å². The number of carboxylic acids is 1. The van der Waals surface area contributed by atoms with Crippen LogP contribution in [0, 0.1) is 0 Å². The lowest BCUT2D eigenvalue weighted by molar-refractivity contribution is -0.136. The Kier molecular flexibility index (Phi) is 4.91. The number of benzene rings is 1. The van der Waals surface area contributed by atoms with Gasteiger partial charge in [-0.05, 0) is 11.6 Å². The van der Waals surface area contributed by atoms with Crippen LogP contribution in [0.25, 0.3) is 0 Å². The normalized spacial score (nSPS) is 11.1. The molecule has 0 atom stereocenters. The van der Waals surface area contributed by atoms with Crippen LogP contribution < -0.4 is 0 Å². The molecule has 1 amide bonds. The molecule has 1 aromatic rings.